The lowest BCUT2D eigenvalue weighted by Crippen LogP contribution is -2.32. The summed E-state index contributed by atoms with van der Waals surface area (Å²) in [6, 6.07) is 18.0. The molecular formula is C29H26FNO6. The third kappa shape index (κ3) is 4.68. The summed E-state index contributed by atoms with van der Waals surface area (Å²) in [5, 5.41) is 0.0815. The lowest BCUT2D eigenvalue weighted by molar-refractivity contribution is 0.0663. The van der Waals surface area contributed by atoms with Crippen molar-refractivity contribution in [2.24, 2.45) is 0 Å². The number of nitrogens with zero attached hydrogens (tertiary/aromatic N) is 1. The summed E-state index contributed by atoms with van der Waals surface area (Å²) in [6.45, 7) is 3.10. The number of halogens is 1. The zero-order valence-corrected chi connectivity index (χ0v) is 20.5. The maximum atomic E-state index is 14.0. The van der Waals surface area contributed by atoms with E-state index in [4.69, 9.17) is 18.6 Å². The number of hydrogen-bond acceptors (Lipinski definition) is 6. The molecule has 1 amide bonds. The minimum atomic E-state index is -0.760. The fraction of sp³-hybridized carbons (Fsp3) is 0.241. The van der Waals surface area contributed by atoms with E-state index in [9.17, 15) is 14.0 Å². The summed E-state index contributed by atoms with van der Waals surface area (Å²) in [5.41, 5.74) is 1.52. The van der Waals surface area contributed by atoms with Crippen LogP contribution in [-0.2, 0) is 11.3 Å². The normalized spacial score (nSPS) is 14.7. The second kappa shape index (κ2) is 10.4. The summed E-state index contributed by atoms with van der Waals surface area (Å²) >= 11 is 0. The highest BCUT2D eigenvalue weighted by molar-refractivity contribution is 5.99. The van der Waals surface area contributed by atoms with Crippen molar-refractivity contribution >= 4 is 16.9 Å². The first-order valence-corrected chi connectivity index (χ1v) is 12.0. The average Bonchev–Trinajstić information content (AvgIpc) is 3.19. The Hall–Kier alpha value is -4.17. The van der Waals surface area contributed by atoms with Crippen LogP contribution in [-0.4, -0.2) is 37.7 Å². The molecule has 37 heavy (non-hydrogen) atoms. The molecule has 0 saturated carbocycles. The van der Waals surface area contributed by atoms with Gasteiger partial charge in [0.15, 0.2) is 16.9 Å². The molecule has 0 radical (unpaired) electrons. The third-order valence-electron chi connectivity index (χ3n) is 6.28. The standard InChI is InChI=1S/C29H26FNO6/c1-3-35-24-15-19(9-11-23(24)36-17-18-7-5-4-6-8-18)26-25-27(32)21-16-20(30)10-12-22(21)37-28(25)29(33)31(26)13-14-34-2/h4-12,15-16,26H,3,13-14,17H2,1-2H3/t26-/m1/s1. The largest absolute Gasteiger partial charge is 0.490 e. The molecule has 4 aromatic rings. The fourth-order valence-corrected chi connectivity index (χ4v) is 4.58. The number of fused-ring (bicyclic) bond motifs is 2. The van der Waals surface area contributed by atoms with Gasteiger partial charge in [-0.1, -0.05) is 36.4 Å². The van der Waals surface area contributed by atoms with Crippen LogP contribution in [0.3, 0.4) is 0 Å². The summed E-state index contributed by atoms with van der Waals surface area (Å²) in [6.07, 6.45) is 0. The number of hydrogen-bond donors (Lipinski definition) is 0. The van der Waals surface area contributed by atoms with E-state index in [2.05, 4.69) is 0 Å². The number of carbonyl (C=O) groups is 1. The van der Waals surface area contributed by atoms with Crippen LogP contribution < -0.4 is 14.9 Å². The van der Waals surface area contributed by atoms with E-state index in [-0.39, 0.29) is 35.4 Å². The Labute approximate surface area is 213 Å². The summed E-state index contributed by atoms with van der Waals surface area (Å²) in [4.78, 5) is 28.5. The van der Waals surface area contributed by atoms with Gasteiger partial charge < -0.3 is 23.5 Å². The Kier molecular flexibility index (Phi) is 6.92. The van der Waals surface area contributed by atoms with Crippen molar-refractivity contribution < 1.29 is 27.8 Å². The lowest BCUT2D eigenvalue weighted by Gasteiger charge is -2.25. The first kappa shape index (κ1) is 24.5. The lowest BCUT2D eigenvalue weighted by atomic mass is 9.98. The number of rotatable bonds is 9. The van der Waals surface area contributed by atoms with E-state index in [1.54, 1.807) is 18.2 Å². The monoisotopic (exact) mass is 503 g/mol. The highest BCUT2D eigenvalue weighted by Crippen LogP contribution is 2.41. The van der Waals surface area contributed by atoms with Crippen molar-refractivity contribution in [2.45, 2.75) is 19.6 Å². The van der Waals surface area contributed by atoms with Gasteiger partial charge in [0.05, 0.1) is 30.2 Å². The molecule has 0 N–H and O–H groups in total. The molecule has 5 rings (SSSR count). The zero-order chi connectivity index (χ0) is 25.9. The van der Waals surface area contributed by atoms with Gasteiger partial charge in [-0.05, 0) is 48.4 Å². The van der Waals surface area contributed by atoms with E-state index in [1.165, 1.54) is 24.1 Å². The number of amides is 1. The molecule has 8 heteroatoms. The van der Waals surface area contributed by atoms with Gasteiger partial charge >= 0.3 is 0 Å². The molecule has 1 aliphatic heterocycles. The molecule has 0 spiro atoms. The molecule has 1 atom stereocenters. The second-order valence-electron chi connectivity index (χ2n) is 8.62. The van der Waals surface area contributed by atoms with Gasteiger partial charge in [-0.25, -0.2) is 4.39 Å². The van der Waals surface area contributed by atoms with E-state index >= 15 is 0 Å². The van der Waals surface area contributed by atoms with E-state index in [0.717, 1.165) is 11.6 Å². The molecule has 190 valence electrons. The number of carbonyl (C=O) groups excluding carboxylic acids is 1. The van der Waals surface area contributed by atoms with Gasteiger partial charge in [0.25, 0.3) is 5.91 Å². The molecule has 1 aliphatic rings. The van der Waals surface area contributed by atoms with Crippen molar-refractivity contribution in [2.75, 3.05) is 26.9 Å². The van der Waals surface area contributed by atoms with Gasteiger partial charge in [0.1, 0.15) is 18.0 Å². The van der Waals surface area contributed by atoms with Crippen LogP contribution in [0.2, 0.25) is 0 Å². The SMILES string of the molecule is CCOc1cc([C@@H]2c3c(oc4ccc(F)cc4c3=O)C(=O)N2CCOC)ccc1OCc1ccccc1. The predicted molar refractivity (Wildman–Crippen MR) is 136 cm³/mol. The highest BCUT2D eigenvalue weighted by Gasteiger charge is 2.42. The van der Waals surface area contributed by atoms with Crippen molar-refractivity contribution in [1.29, 1.82) is 0 Å². The Morgan fingerprint density at radius 1 is 0.973 bits per heavy atom. The quantitative estimate of drug-likeness (QED) is 0.316. The number of methoxy groups -OCH3 is 1. The van der Waals surface area contributed by atoms with Crippen molar-refractivity contribution in [3.63, 3.8) is 0 Å². The van der Waals surface area contributed by atoms with Crippen LogP contribution in [0.15, 0.2) is 75.9 Å². The predicted octanol–water partition coefficient (Wildman–Crippen LogP) is 5.10. The Morgan fingerprint density at radius 2 is 1.78 bits per heavy atom. The number of benzene rings is 3. The highest BCUT2D eigenvalue weighted by atomic mass is 19.1. The van der Waals surface area contributed by atoms with Crippen LogP contribution >= 0.6 is 0 Å². The van der Waals surface area contributed by atoms with E-state index < -0.39 is 23.2 Å². The third-order valence-corrected chi connectivity index (χ3v) is 6.28. The topological polar surface area (TPSA) is 78.2 Å². The van der Waals surface area contributed by atoms with Gasteiger partial charge in [-0.15, -0.1) is 0 Å². The van der Waals surface area contributed by atoms with Crippen molar-refractivity contribution in [3.8, 4) is 11.5 Å². The molecule has 0 unspecified atom stereocenters. The van der Waals surface area contributed by atoms with Gasteiger partial charge in [-0.3, -0.25) is 9.59 Å². The molecule has 1 aromatic heterocycles. The van der Waals surface area contributed by atoms with Gasteiger partial charge in [0.2, 0.25) is 5.76 Å². The number of ether oxygens (including phenoxy) is 3. The first-order chi connectivity index (χ1) is 18.0. The van der Waals surface area contributed by atoms with Crippen molar-refractivity contribution in [1.82, 2.24) is 4.90 Å². The Balaban J connectivity index is 1.59. The Morgan fingerprint density at radius 3 is 2.54 bits per heavy atom. The van der Waals surface area contributed by atoms with Gasteiger partial charge in [0, 0.05) is 13.7 Å². The maximum Gasteiger partial charge on any atom is 0.290 e. The molecule has 0 aliphatic carbocycles. The van der Waals surface area contributed by atoms with Gasteiger partial charge in [-0.2, -0.15) is 0 Å². The summed E-state index contributed by atoms with van der Waals surface area (Å²) in [7, 11) is 1.54. The molecule has 0 fully saturated rings. The second-order valence-corrected chi connectivity index (χ2v) is 8.62. The summed E-state index contributed by atoms with van der Waals surface area (Å²) < 4.78 is 36.9. The Bertz CT molecular complexity index is 1500. The molecule has 0 bridgehead atoms. The van der Waals surface area contributed by atoms with E-state index in [1.807, 2.05) is 37.3 Å². The van der Waals surface area contributed by atoms with Crippen LogP contribution in [0.5, 0.6) is 11.5 Å². The van der Waals surface area contributed by atoms with Crippen LogP contribution in [0.1, 0.15) is 40.2 Å². The van der Waals surface area contributed by atoms with Crippen LogP contribution in [0, 0.1) is 5.82 Å². The molecule has 2 heterocycles. The van der Waals surface area contributed by atoms with E-state index in [0.29, 0.717) is 30.3 Å². The molecular weight excluding hydrogens is 477 g/mol. The minimum absolute atomic E-state index is 0.0485. The minimum Gasteiger partial charge on any atom is -0.490 e. The smallest absolute Gasteiger partial charge is 0.290 e. The van der Waals surface area contributed by atoms with Crippen LogP contribution in [0.25, 0.3) is 11.0 Å². The average molecular weight is 504 g/mol. The molecule has 3 aromatic carbocycles. The maximum absolute atomic E-state index is 14.0. The molecule has 0 saturated heterocycles. The fourth-order valence-electron chi connectivity index (χ4n) is 4.58. The zero-order valence-electron chi connectivity index (χ0n) is 20.5. The van der Waals surface area contributed by atoms with Crippen LogP contribution in [0.4, 0.5) is 4.39 Å². The molecule has 7 nitrogen and oxygen atoms in total. The van der Waals surface area contributed by atoms with Crippen molar-refractivity contribution in [3.05, 3.63) is 105 Å². The summed E-state index contributed by atoms with van der Waals surface area (Å²) in [5.74, 6) is -0.0134. The first-order valence-electron chi connectivity index (χ1n) is 12.0.